The average Bonchev–Trinajstić information content (AvgIpc) is 3.05. The van der Waals surface area contributed by atoms with Gasteiger partial charge in [-0.25, -0.2) is 9.67 Å². The van der Waals surface area contributed by atoms with Gasteiger partial charge in [0, 0.05) is 24.9 Å². The molecule has 0 amide bonds. The van der Waals surface area contributed by atoms with Crippen molar-refractivity contribution in [2.24, 2.45) is 0 Å². The van der Waals surface area contributed by atoms with Crippen molar-refractivity contribution in [2.45, 2.75) is 78.3 Å². The Balaban J connectivity index is 0.000000131. The number of hydrogen-bond acceptors (Lipinski definition) is 4. The van der Waals surface area contributed by atoms with E-state index in [-0.39, 0.29) is 0 Å². The van der Waals surface area contributed by atoms with Crippen molar-refractivity contribution in [1.82, 2.24) is 29.5 Å². The highest BCUT2D eigenvalue weighted by Gasteiger charge is 2.20. The minimum absolute atomic E-state index is 0.602. The molecule has 0 aliphatic carbocycles. The fourth-order valence-electron chi connectivity index (χ4n) is 3.40. The largest absolute Gasteiger partial charge is 0.315 e. The fraction of sp³-hybridized carbons (Fsp3) is 0.750. The van der Waals surface area contributed by atoms with Crippen LogP contribution in [0.5, 0.6) is 0 Å². The third-order valence-electron chi connectivity index (χ3n) is 4.68. The van der Waals surface area contributed by atoms with Crippen molar-refractivity contribution in [2.75, 3.05) is 0 Å². The number of nitrogens with zero attached hydrogens (tertiary/aromatic N) is 6. The van der Waals surface area contributed by atoms with Gasteiger partial charge in [-0.3, -0.25) is 0 Å². The van der Waals surface area contributed by atoms with Crippen LogP contribution in [0.2, 0.25) is 0 Å². The summed E-state index contributed by atoms with van der Waals surface area (Å²) in [6.07, 6.45) is 5.04. The third-order valence-corrected chi connectivity index (χ3v) is 4.68. The van der Waals surface area contributed by atoms with Crippen LogP contribution in [-0.4, -0.2) is 29.5 Å². The normalized spacial score (nSPS) is 23.3. The van der Waals surface area contributed by atoms with Crippen LogP contribution in [0, 0.1) is 13.8 Å². The van der Waals surface area contributed by atoms with Crippen molar-refractivity contribution < 1.29 is 0 Å². The van der Waals surface area contributed by atoms with Crippen molar-refractivity contribution in [1.29, 1.82) is 0 Å². The smallest absolute Gasteiger partial charge is 0.147 e. The molecule has 0 N–H and O–H groups in total. The Morgan fingerprint density at radius 1 is 0.909 bits per heavy atom. The van der Waals surface area contributed by atoms with Crippen LogP contribution in [-0.2, 0) is 13.1 Å². The quantitative estimate of drug-likeness (QED) is 0.750. The van der Waals surface area contributed by atoms with E-state index in [1.54, 1.807) is 0 Å². The summed E-state index contributed by atoms with van der Waals surface area (Å²) in [4.78, 5) is 4.38. The van der Waals surface area contributed by atoms with Gasteiger partial charge in [-0.2, -0.15) is 5.10 Å². The number of aromatic nitrogens is 6. The van der Waals surface area contributed by atoms with Gasteiger partial charge in [0.2, 0.25) is 0 Å². The van der Waals surface area contributed by atoms with E-state index in [9.17, 15) is 0 Å². The molecule has 2 aliphatic heterocycles. The molecular weight excluding hydrogens is 276 g/mol. The van der Waals surface area contributed by atoms with Crippen LogP contribution in [0.15, 0.2) is 0 Å². The number of rotatable bonds is 0. The molecule has 6 heteroatoms. The molecule has 0 saturated heterocycles. The Morgan fingerprint density at radius 2 is 1.59 bits per heavy atom. The zero-order chi connectivity index (χ0) is 15.7. The highest BCUT2D eigenvalue weighted by molar-refractivity contribution is 5.02. The summed E-state index contributed by atoms with van der Waals surface area (Å²) in [5.74, 6) is 5.53. The van der Waals surface area contributed by atoms with E-state index in [0.717, 1.165) is 24.7 Å². The van der Waals surface area contributed by atoms with Crippen LogP contribution in [0.1, 0.15) is 74.7 Å². The third kappa shape index (κ3) is 2.91. The summed E-state index contributed by atoms with van der Waals surface area (Å²) in [7, 11) is 0. The van der Waals surface area contributed by atoms with Crippen LogP contribution >= 0.6 is 0 Å². The summed E-state index contributed by atoms with van der Waals surface area (Å²) in [6, 6.07) is 0. The first kappa shape index (κ1) is 15.2. The molecule has 2 aromatic heterocycles. The SMILES string of the molecule is Cc1nc2n(n1)CCCC2C.Cc1nnc2n1CCCC2C. The minimum Gasteiger partial charge on any atom is -0.315 e. The maximum absolute atomic E-state index is 4.38. The summed E-state index contributed by atoms with van der Waals surface area (Å²) in [5.41, 5.74) is 0. The topological polar surface area (TPSA) is 61.4 Å². The molecule has 0 aromatic carbocycles. The Kier molecular flexibility index (Phi) is 4.27. The average molecular weight is 302 g/mol. The molecule has 0 radical (unpaired) electrons. The summed E-state index contributed by atoms with van der Waals surface area (Å²) < 4.78 is 4.28. The molecular formula is C16H26N6. The second-order valence-electron chi connectivity index (χ2n) is 6.58. The lowest BCUT2D eigenvalue weighted by molar-refractivity contribution is 0.432. The number of hydrogen-bond donors (Lipinski definition) is 0. The van der Waals surface area contributed by atoms with E-state index in [2.05, 4.69) is 38.7 Å². The van der Waals surface area contributed by atoms with Crippen molar-refractivity contribution in [3.8, 4) is 0 Å². The molecule has 2 aromatic rings. The molecule has 0 spiro atoms. The second-order valence-corrected chi connectivity index (χ2v) is 6.58. The van der Waals surface area contributed by atoms with Gasteiger partial charge in [-0.05, 0) is 39.5 Å². The van der Waals surface area contributed by atoms with Crippen LogP contribution in [0.25, 0.3) is 0 Å². The summed E-state index contributed by atoms with van der Waals surface area (Å²) in [5, 5.41) is 12.5. The zero-order valence-electron chi connectivity index (χ0n) is 14.1. The van der Waals surface area contributed by atoms with Gasteiger partial charge < -0.3 is 4.57 Å². The van der Waals surface area contributed by atoms with E-state index < -0.39 is 0 Å². The summed E-state index contributed by atoms with van der Waals surface area (Å²) in [6.45, 7) is 10.6. The molecule has 0 fully saturated rings. The Hall–Kier alpha value is -1.72. The van der Waals surface area contributed by atoms with Crippen molar-refractivity contribution in [3.05, 3.63) is 23.3 Å². The molecule has 6 nitrogen and oxygen atoms in total. The monoisotopic (exact) mass is 302 g/mol. The number of aryl methyl sites for hydroxylation is 3. The molecule has 22 heavy (non-hydrogen) atoms. The molecule has 2 unspecified atom stereocenters. The fourth-order valence-corrected chi connectivity index (χ4v) is 3.40. The van der Waals surface area contributed by atoms with E-state index in [0.29, 0.717) is 11.8 Å². The predicted molar refractivity (Wildman–Crippen MR) is 84.8 cm³/mol. The maximum atomic E-state index is 4.38. The Bertz CT molecular complexity index is 635. The highest BCUT2D eigenvalue weighted by Crippen LogP contribution is 2.25. The van der Waals surface area contributed by atoms with Gasteiger partial charge in [-0.1, -0.05) is 13.8 Å². The molecule has 4 heterocycles. The standard InChI is InChI=1S/2C8H13N3/c1-6-4-3-5-11-7(2)9-10-8(6)11;1-6-4-3-5-11-8(6)9-7(2)10-11/h2*6H,3-5H2,1-2H3. The first-order chi connectivity index (χ1) is 10.6. The molecule has 120 valence electrons. The first-order valence-electron chi connectivity index (χ1n) is 8.37. The van der Waals surface area contributed by atoms with Gasteiger partial charge in [0.25, 0.3) is 0 Å². The lowest BCUT2D eigenvalue weighted by Crippen LogP contribution is -2.14. The Morgan fingerprint density at radius 3 is 2.27 bits per heavy atom. The van der Waals surface area contributed by atoms with Gasteiger partial charge in [-0.15, -0.1) is 10.2 Å². The van der Waals surface area contributed by atoms with E-state index in [4.69, 9.17) is 0 Å². The van der Waals surface area contributed by atoms with E-state index in [1.165, 1.54) is 37.3 Å². The van der Waals surface area contributed by atoms with Gasteiger partial charge >= 0.3 is 0 Å². The van der Waals surface area contributed by atoms with Crippen molar-refractivity contribution >= 4 is 0 Å². The highest BCUT2D eigenvalue weighted by atomic mass is 15.3. The van der Waals surface area contributed by atoms with E-state index in [1.807, 2.05) is 18.5 Å². The lowest BCUT2D eigenvalue weighted by atomic mass is 10.0. The van der Waals surface area contributed by atoms with Crippen LogP contribution < -0.4 is 0 Å². The predicted octanol–water partition coefficient (Wildman–Crippen LogP) is 2.97. The lowest BCUT2D eigenvalue weighted by Gasteiger charge is -2.19. The van der Waals surface area contributed by atoms with Gasteiger partial charge in [0.05, 0.1) is 0 Å². The Labute approximate surface area is 132 Å². The van der Waals surface area contributed by atoms with Gasteiger partial charge in [0.1, 0.15) is 23.3 Å². The molecule has 2 atom stereocenters. The van der Waals surface area contributed by atoms with Crippen LogP contribution in [0.4, 0.5) is 0 Å². The van der Waals surface area contributed by atoms with Crippen LogP contribution in [0.3, 0.4) is 0 Å². The maximum Gasteiger partial charge on any atom is 0.147 e. The second kappa shape index (κ2) is 6.18. The molecule has 0 saturated carbocycles. The summed E-state index contributed by atoms with van der Waals surface area (Å²) >= 11 is 0. The first-order valence-corrected chi connectivity index (χ1v) is 8.37. The molecule has 2 aliphatic rings. The number of fused-ring (bicyclic) bond motifs is 2. The van der Waals surface area contributed by atoms with E-state index >= 15 is 0 Å². The molecule has 4 rings (SSSR count). The zero-order valence-corrected chi connectivity index (χ0v) is 14.1. The molecule has 0 bridgehead atoms. The van der Waals surface area contributed by atoms with Crippen molar-refractivity contribution in [3.63, 3.8) is 0 Å². The van der Waals surface area contributed by atoms with Gasteiger partial charge in [0.15, 0.2) is 0 Å². The minimum atomic E-state index is 0.602.